The fourth-order valence-electron chi connectivity index (χ4n) is 3.56. The van der Waals surface area contributed by atoms with Gasteiger partial charge < -0.3 is 21.1 Å². The minimum absolute atomic E-state index is 0.105. The Kier molecular flexibility index (Phi) is 9.00. The van der Waals surface area contributed by atoms with Gasteiger partial charge in [0.25, 0.3) is 0 Å². The fraction of sp³-hybridized carbons (Fsp3) is 0.308. The smallest absolute Gasteiger partial charge is 0.408 e. The number of nitrogens with zero attached hydrogens (tertiary/aromatic N) is 3. The molecular formula is C26H29FN6O3. The molecule has 0 aliphatic heterocycles. The molecule has 10 heteroatoms. The van der Waals surface area contributed by atoms with Crippen molar-refractivity contribution in [3.05, 3.63) is 77.2 Å². The van der Waals surface area contributed by atoms with Gasteiger partial charge in [0.2, 0.25) is 5.91 Å². The van der Waals surface area contributed by atoms with Gasteiger partial charge in [0.15, 0.2) is 0 Å². The normalized spacial score (nSPS) is 11.5. The van der Waals surface area contributed by atoms with Gasteiger partial charge in [-0.15, -0.1) is 0 Å². The lowest BCUT2D eigenvalue weighted by atomic mass is 10.0. The summed E-state index contributed by atoms with van der Waals surface area (Å²) < 4.78 is 19.8. The molecule has 0 bridgehead atoms. The van der Waals surface area contributed by atoms with Crippen LogP contribution in [-0.2, 0) is 22.6 Å². The molecule has 3 rings (SSSR count). The summed E-state index contributed by atoms with van der Waals surface area (Å²) in [7, 11) is 0. The number of carbonyl (C=O) groups excluding carboxylic acids is 2. The van der Waals surface area contributed by atoms with Crippen LogP contribution in [0.2, 0.25) is 0 Å². The molecule has 36 heavy (non-hydrogen) atoms. The van der Waals surface area contributed by atoms with Gasteiger partial charge in [-0.2, -0.15) is 10.4 Å². The number of nitrogens with two attached hydrogens (primary N) is 1. The van der Waals surface area contributed by atoms with E-state index in [0.717, 1.165) is 5.56 Å². The number of carbonyl (C=O) groups is 2. The number of rotatable bonds is 10. The maximum absolute atomic E-state index is 13.2. The van der Waals surface area contributed by atoms with Gasteiger partial charge in [-0.25, -0.2) is 13.9 Å². The Morgan fingerprint density at radius 1 is 1.17 bits per heavy atom. The van der Waals surface area contributed by atoms with Gasteiger partial charge in [-0.3, -0.25) is 4.79 Å². The average molecular weight is 493 g/mol. The van der Waals surface area contributed by atoms with Crippen LogP contribution in [0.15, 0.2) is 54.6 Å². The summed E-state index contributed by atoms with van der Waals surface area (Å²) in [5.41, 5.74) is 8.19. The fourth-order valence-corrected chi connectivity index (χ4v) is 3.56. The third kappa shape index (κ3) is 6.82. The minimum Gasteiger partial charge on any atom is -0.445 e. The Balaban J connectivity index is 1.52. The standard InChI is InChI=1S/C26H29FN6O3/c1-17(2)23(31-26(35)36-16-18-7-4-3-5-8-18)25(34)30-14-6-9-22-21(15-28)24(29)33(32-22)20-12-10-19(27)11-13-20/h3-5,7-8,10-13,17,23H,6,9,14,16,29H2,1-2H3,(H,30,34)(H,31,35)/t23-/m0/s1. The van der Waals surface area contributed by atoms with Gasteiger partial charge in [0.1, 0.15) is 35.9 Å². The molecule has 0 fully saturated rings. The number of ether oxygens (including phenoxy) is 1. The molecule has 0 saturated carbocycles. The molecule has 1 atom stereocenters. The number of aryl methyl sites for hydroxylation is 1. The molecule has 188 valence electrons. The maximum atomic E-state index is 13.2. The molecule has 0 aliphatic rings. The third-order valence-corrected chi connectivity index (χ3v) is 5.50. The van der Waals surface area contributed by atoms with Gasteiger partial charge in [-0.1, -0.05) is 44.2 Å². The van der Waals surface area contributed by atoms with Crippen molar-refractivity contribution >= 4 is 17.8 Å². The quantitative estimate of drug-likeness (QED) is 0.371. The predicted octanol–water partition coefficient (Wildman–Crippen LogP) is 3.47. The van der Waals surface area contributed by atoms with E-state index in [1.807, 2.05) is 44.2 Å². The lowest BCUT2D eigenvalue weighted by Crippen LogP contribution is -2.50. The van der Waals surface area contributed by atoms with E-state index in [-0.39, 0.29) is 35.6 Å². The Morgan fingerprint density at radius 3 is 2.50 bits per heavy atom. The molecule has 3 aromatic rings. The second-order valence-corrected chi connectivity index (χ2v) is 8.53. The molecular weight excluding hydrogens is 463 g/mol. The first-order chi connectivity index (χ1) is 17.3. The van der Waals surface area contributed by atoms with E-state index in [1.54, 1.807) is 0 Å². The SMILES string of the molecule is CC(C)[C@H](NC(=O)OCc1ccccc1)C(=O)NCCCc1nn(-c2ccc(F)cc2)c(N)c1C#N. The number of anilines is 1. The first-order valence-electron chi connectivity index (χ1n) is 11.6. The molecule has 2 amide bonds. The summed E-state index contributed by atoms with van der Waals surface area (Å²) in [6.07, 6.45) is 0.206. The topological polar surface area (TPSA) is 135 Å². The zero-order valence-electron chi connectivity index (χ0n) is 20.2. The maximum Gasteiger partial charge on any atom is 0.408 e. The summed E-state index contributed by atoms with van der Waals surface area (Å²) in [6.45, 7) is 4.06. The van der Waals surface area contributed by atoms with Gasteiger partial charge in [-0.05, 0) is 48.6 Å². The molecule has 0 saturated heterocycles. The van der Waals surface area contributed by atoms with E-state index in [9.17, 15) is 19.2 Å². The first-order valence-corrected chi connectivity index (χ1v) is 11.6. The van der Waals surface area contributed by atoms with Crippen LogP contribution in [0.25, 0.3) is 5.69 Å². The number of halogens is 1. The molecule has 0 spiro atoms. The number of nitrogens with one attached hydrogen (secondary N) is 2. The Morgan fingerprint density at radius 2 is 1.86 bits per heavy atom. The third-order valence-electron chi connectivity index (χ3n) is 5.50. The first kappa shape index (κ1) is 26.2. The molecule has 0 unspecified atom stereocenters. The Bertz CT molecular complexity index is 1220. The van der Waals surface area contributed by atoms with Crippen LogP contribution >= 0.6 is 0 Å². The summed E-state index contributed by atoms with van der Waals surface area (Å²) in [5, 5.41) is 19.4. The molecule has 1 aromatic heterocycles. The summed E-state index contributed by atoms with van der Waals surface area (Å²) >= 11 is 0. The number of hydrogen-bond donors (Lipinski definition) is 3. The van der Waals surface area contributed by atoms with Crippen LogP contribution in [0.5, 0.6) is 0 Å². The summed E-state index contributed by atoms with van der Waals surface area (Å²) in [4.78, 5) is 24.9. The van der Waals surface area contributed by atoms with Crippen LogP contribution in [0.4, 0.5) is 15.0 Å². The van der Waals surface area contributed by atoms with Crippen molar-refractivity contribution < 1.29 is 18.7 Å². The van der Waals surface area contributed by atoms with Gasteiger partial charge >= 0.3 is 6.09 Å². The highest BCUT2D eigenvalue weighted by Gasteiger charge is 2.24. The number of aromatic nitrogens is 2. The van der Waals surface area contributed by atoms with Crippen molar-refractivity contribution in [3.63, 3.8) is 0 Å². The Labute approximate surface area is 209 Å². The zero-order valence-corrected chi connectivity index (χ0v) is 20.2. The number of hydrogen-bond acceptors (Lipinski definition) is 6. The number of amides is 2. The molecule has 4 N–H and O–H groups in total. The largest absolute Gasteiger partial charge is 0.445 e. The van der Waals surface area contributed by atoms with Crippen LogP contribution in [-0.4, -0.2) is 34.4 Å². The monoisotopic (exact) mass is 492 g/mol. The van der Waals surface area contributed by atoms with Gasteiger partial charge in [0.05, 0.1) is 11.4 Å². The molecule has 2 aromatic carbocycles. The van der Waals surface area contributed by atoms with E-state index < -0.39 is 12.1 Å². The van der Waals surface area contributed by atoms with Crippen molar-refractivity contribution in [3.8, 4) is 11.8 Å². The number of nitriles is 1. The van der Waals surface area contributed by atoms with Crippen molar-refractivity contribution in [1.29, 1.82) is 5.26 Å². The lowest BCUT2D eigenvalue weighted by molar-refractivity contribution is -0.124. The summed E-state index contributed by atoms with van der Waals surface area (Å²) in [6, 6.07) is 16.2. The highest BCUT2D eigenvalue weighted by atomic mass is 19.1. The van der Waals surface area contributed by atoms with Gasteiger partial charge in [0, 0.05) is 6.54 Å². The number of benzene rings is 2. The van der Waals surface area contributed by atoms with Crippen molar-refractivity contribution in [2.24, 2.45) is 5.92 Å². The van der Waals surface area contributed by atoms with Crippen molar-refractivity contribution in [2.45, 2.75) is 39.3 Å². The molecule has 1 heterocycles. The molecule has 0 radical (unpaired) electrons. The van der Waals surface area contributed by atoms with E-state index in [1.165, 1.54) is 28.9 Å². The average Bonchev–Trinajstić information content (AvgIpc) is 3.19. The predicted molar refractivity (Wildman–Crippen MR) is 132 cm³/mol. The van der Waals surface area contributed by atoms with Crippen LogP contribution in [0, 0.1) is 23.1 Å². The van der Waals surface area contributed by atoms with Crippen LogP contribution in [0.3, 0.4) is 0 Å². The lowest BCUT2D eigenvalue weighted by Gasteiger charge is -2.21. The van der Waals surface area contributed by atoms with E-state index in [2.05, 4.69) is 21.8 Å². The second kappa shape index (κ2) is 12.4. The van der Waals surface area contributed by atoms with Crippen molar-refractivity contribution in [2.75, 3.05) is 12.3 Å². The van der Waals surface area contributed by atoms with Crippen molar-refractivity contribution in [1.82, 2.24) is 20.4 Å². The summed E-state index contributed by atoms with van der Waals surface area (Å²) in [5.74, 6) is -0.718. The van der Waals surface area contributed by atoms with E-state index >= 15 is 0 Å². The van der Waals surface area contributed by atoms with Crippen LogP contribution in [0.1, 0.15) is 37.1 Å². The second-order valence-electron chi connectivity index (χ2n) is 8.53. The number of alkyl carbamates (subject to hydrolysis) is 1. The van der Waals surface area contributed by atoms with E-state index in [4.69, 9.17) is 10.5 Å². The number of nitrogen functional groups attached to an aromatic ring is 1. The van der Waals surface area contributed by atoms with Crippen LogP contribution < -0.4 is 16.4 Å². The highest BCUT2D eigenvalue weighted by Crippen LogP contribution is 2.21. The minimum atomic E-state index is -0.767. The van der Waals surface area contributed by atoms with E-state index in [0.29, 0.717) is 30.8 Å². The highest BCUT2D eigenvalue weighted by molar-refractivity contribution is 5.85. The Hall–Kier alpha value is -4.39. The molecule has 0 aliphatic carbocycles. The zero-order chi connectivity index (χ0) is 26.1. The molecule has 9 nitrogen and oxygen atoms in total.